The highest BCUT2D eigenvalue weighted by atomic mass is 35.5. The molecule has 1 aliphatic rings. The van der Waals surface area contributed by atoms with Gasteiger partial charge in [0.2, 0.25) is 0 Å². The van der Waals surface area contributed by atoms with Gasteiger partial charge in [-0.3, -0.25) is 4.79 Å². The van der Waals surface area contributed by atoms with Gasteiger partial charge in [0, 0.05) is 0 Å². The second kappa shape index (κ2) is 3.32. The van der Waals surface area contributed by atoms with Crippen molar-refractivity contribution in [1.82, 2.24) is 0 Å². The molecule has 12 heavy (non-hydrogen) atoms. The first-order chi connectivity index (χ1) is 5.42. The van der Waals surface area contributed by atoms with Crippen molar-refractivity contribution >= 4 is 17.4 Å². The van der Waals surface area contributed by atoms with Crippen LogP contribution in [-0.4, -0.2) is 29.7 Å². The maximum atomic E-state index is 11.3. The van der Waals surface area contributed by atoms with E-state index in [9.17, 15) is 4.79 Å². The number of carbonyl (C=O) groups excluding carboxylic acids is 1. The molecule has 1 heterocycles. The summed E-state index contributed by atoms with van der Waals surface area (Å²) >= 11 is 5.62. The molecule has 0 N–H and O–H groups in total. The predicted octanol–water partition coefficient (Wildman–Crippen LogP) is 1.33. The molecule has 1 fully saturated rings. The molecule has 0 spiro atoms. The quantitative estimate of drug-likeness (QED) is 0.620. The Hall–Kier alpha value is -0.120. The molecular formula is C8H13ClO3. The van der Waals surface area contributed by atoms with Crippen LogP contribution in [0.1, 0.15) is 20.8 Å². The Morgan fingerprint density at radius 1 is 1.67 bits per heavy atom. The summed E-state index contributed by atoms with van der Waals surface area (Å²) in [6.07, 6.45) is -0.493. The van der Waals surface area contributed by atoms with Gasteiger partial charge in [0.05, 0.1) is 12.0 Å². The Labute approximate surface area is 77.0 Å². The molecule has 1 saturated heterocycles. The lowest BCUT2D eigenvalue weighted by atomic mass is 10.2. The number of rotatable bonds is 2. The Balaban J connectivity index is 2.53. The topological polar surface area (TPSA) is 35.5 Å². The third-order valence-corrected chi connectivity index (χ3v) is 1.93. The van der Waals surface area contributed by atoms with E-state index in [1.54, 1.807) is 20.8 Å². The van der Waals surface area contributed by atoms with Gasteiger partial charge in [0.1, 0.15) is 6.10 Å². The van der Waals surface area contributed by atoms with Crippen molar-refractivity contribution in [3.05, 3.63) is 0 Å². The van der Waals surface area contributed by atoms with Gasteiger partial charge in [-0.2, -0.15) is 0 Å². The van der Waals surface area contributed by atoms with E-state index in [-0.39, 0.29) is 5.78 Å². The lowest BCUT2D eigenvalue weighted by Gasteiger charge is -2.16. The SMILES string of the molecule is CC(Cl)C(=O)[C@H]1COC(C)(C)O1. The zero-order chi connectivity index (χ0) is 9.35. The molecule has 0 bridgehead atoms. The van der Waals surface area contributed by atoms with E-state index in [2.05, 4.69) is 0 Å². The van der Waals surface area contributed by atoms with Crippen molar-refractivity contribution in [2.45, 2.75) is 38.0 Å². The van der Waals surface area contributed by atoms with Crippen LogP contribution in [0, 0.1) is 0 Å². The molecule has 0 radical (unpaired) electrons. The molecule has 1 rings (SSSR count). The van der Waals surface area contributed by atoms with Crippen LogP contribution in [0.3, 0.4) is 0 Å². The molecule has 1 aliphatic heterocycles. The van der Waals surface area contributed by atoms with E-state index in [1.807, 2.05) is 0 Å². The number of hydrogen-bond acceptors (Lipinski definition) is 3. The summed E-state index contributed by atoms with van der Waals surface area (Å²) in [7, 11) is 0. The molecule has 0 amide bonds. The van der Waals surface area contributed by atoms with Crippen molar-refractivity contribution < 1.29 is 14.3 Å². The summed E-state index contributed by atoms with van der Waals surface area (Å²) in [6, 6.07) is 0. The summed E-state index contributed by atoms with van der Waals surface area (Å²) < 4.78 is 10.5. The largest absolute Gasteiger partial charge is 0.347 e. The smallest absolute Gasteiger partial charge is 0.181 e. The van der Waals surface area contributed by atoms with Crippen LogP contribution in [0.2, 0.25) is 0 Å². The summed E-state index contributed by atoms with van der Waals surface area (Å²) in [6.45, 7) is 5.50. The second-order valence-corrected chi connectivity index (χ2v) is 3.99. The van der Waals surface area contributed by atoms with E-state index in [1.165, 1.54) is 0 Å². The number of ketones is 1. The van der Waals surface area contributed by atoms with Crippen LogP contribution in [0.15, 0.2) is 0 Å². The molecule has 0 aromatic carbocycles. The minimum Gasteiger partial charge on any atom is -0.347 e. The molecule has 2 atom stereocenters. The summed E-state index contributed by atoms with van der Waals surface area (Å²) in [5.74, 6) is -0.756. The number of hydrogen-bond donors (Lipinski definition) is 0. The highest BCUT2D eigenvalue weighted by Crippen LogP contribution is 2.23. The van der Waals surface area contributed by atoms with Gasteiger partial charge >= 0.3 is 0 Å². The van der Waals surface area contributed by atoms with Crippen LogP contribution < -0.4 is 0 Å². The molecule has 0 aromatic heterocycles. The molecule has 0 saturated carbocycles. The van der Waals surface area contributed by atoms with E-state index in [4.69, 9.17) is 21.1 Å². The predicted molar refractivity (Wildman–Crippen MR) is 45.2 cm³/mol. The first kappa shape index (κ1) is 9.96. The summed E-state index contributed by atoms with van der Waals surface area (Å²) in [4.78, 5) is 11.3. The van der Waals surface area contributed by atoms with Crippen LogP contribution >= 0.6 is 11.6 Å². The number of halogens is 1. The second-order valence-electron chi connectivity index (χ2n) is 3.34. The molecule has 0 aliphatic carbocycles. The average Bonchev–Trinajstić information content (AvgIpc) is 2.28. The third kappa shape index (κ3) is 2.19. The van der Waals surface area contributed by atoms with Gasteiger partial charge in [-0.05, 0) is 20.8 Å². The van der Waals surface area contributed by atoms with E-state index >= 15 is 0 Å². The first-order valence-corrected chi connectivity index (χ1v) is 4.35. The molecule has 0 aromatic rings. The lowest BCUT2D eigenvalue weighted by Crippen LogP contribution is -2.31. The number of carbonyl (C=O) groups is 1. The van der Waals surface area contributed by atoms with Crippen LogP contribution in [0.25, 0.3) is 0 Å². The van der Waals surface area contributed by atoms with Crippen molar-refractivity contribution in [2.75, 3.05) is 6.61 Å². The van der Waals surface area contributed by atoms with Gasteiger partial charge in [0.25, 0.3) is 0 Å². The number of alkyl halides is 1. The fourth-order valence-electron chi connectivity index (χ4n) is 1.08. The van der Waals surface area contributed by atoms with E-state index < -0.39 is 17.3 Å². The molecule has 70 valence electrons. The molecular weight excluding hydrogens is 180 g/mol. The van der Waals surface area contributed by atoms with Gasteiger partial charge < -0.3 is 9.47 Å². The van der Waals surface area contributed by atoms with Gasteiger partial charge in [-0.25, -0.2) is 0 Å². The third-order valence-electron chi connectivity index (χ3n) is 1.72. The molecule has 3 nitrogen and oxygen atoms in total. The van der Waals surface area contributed by atoms with E-state index in [0.717, 1.165) is 0 Å². The minimum atomic E-state index is -0.647. The maximum Gasteiger partial charge on any atom is 0.181 e. The van der Waals surface area contributed by atoms with Crippen molar-refractivity contribution in [2.24, 2.45) is 0 Å². The van der Waals surface area contributed by atoms with Gasteiger partial charge in [-0.1, -0.05) is 0 Å². The summed E-state index contributed by atoms with van der Waals surface area (Å²) in [5.41, 5.74) is 0. The van der Waals surface area contributed by atoms with Crippen LogP contribution in [-0.2, 0) is 14.3 Å². The average molecular weight is 193 g/mol. The summed E-state index contributed by atoms with van der Waals surface area (Å²) in [5, 5.41) is -0.507. The fourth-order valence-corrected chi connectivity index (χ4v) is 1.22. The highest BCUT2D eigenvalue weighted by Gasteiger charge is 2.37. The highest BCUT2D eigenvalue weighted by molar-refractivity contribution is 6.31. The van der Waals surface area contributed by atoms with Gasteiger partial charge in [-0.15, -0.1) is 11.6 Å². The Bertz CT molecular complexity index is 189. The van der Waals surface area contributed by atoms with Crippen molar-refractivity contribution in [1.29, 1.82) is 0 Å². The Kier molecular flexibility index (Phi) is 2.76. The Morgan fingerprint density at radius 3 is 2.58 bits per heavy atom. The fraction of sp³-hybridized carbons (Fsp3) is 0.875. The Morgan fingerprint density at radius 2 is 2.25 bits per heavy atom. The van der Waals surface area contributed by atoms with Crippen LogP contribution in [0.5, 0.6) is 0 Å². The minimum absolute atomic E-state index is 0.109. The monoisotopic (exact) mass is 192 g/mol. The van der Waals surface area contributed by atoms with Crippen molar-refractivity contribution in [3.63, 3.8) is 0 Å². The van der Waals surface area contributed by atoms with E-state index in [0.29, 0.717) is 6.61 Å². The zero-order valence-corrected chi connectivity index (χ0v) is 8.22. The number of Topliss-reactive ketones (excluding diaryl/α,β-unsaturated/α-hetero) is 1. The normalized spacial score (nSPS) is 30.2. The number of ether oxygens (including phenoxy) is 2. The van der Waals surface area contributed by atoms with Gasteiger partial charge in [0.15, 0.2) is 11.6 Å². The maximum absolute atomic E-state index is 11.3. The standard InChI is InChI=1S/C8H13ClO3/c1-5(9)7(10)6-4-11-8(2,3)12-6/h5-6H,4H2,1-3H3/t5?,6-/m1/s1. The van der Waals surface area contributed by atoms with Crippen molar-refractivity contribution in [3.8, 4) is 0 Å². The first-order valence-electron chi connectivity index (χ1n) is 3.92. The van der Waals surface area contributed by atoms with Crippen LogP contribution in [0.4, 0.5) is 0 Å². The molecule has 1 unspecified atom stereocenters. The zero-order valence-electron chi connectivity index (χ0n) is 7.46. The lowest BCUT2D eigenvalue weighted by molar-refractivity contribution is -0.151. The molecule has 4 heteroatoms.